The van der Waals surface area contributed by atoms with Gasteiger partial charge in [0, 0.05) is 6.61 Å². The molecule has 0 bridgehead atoms. The number of ether oxygens (including phenoxy) is 2. The molecule has 8 nitrogen and oxygen atoms in total. The summed E-state index contributed by atoms with van der Waals surface area (Å²) in [5, 5.41) is 57.0. The second kappa shape index (κ2) is 7.23. The molecule has 0 radical (unpaired) electrons. The minimum atomic E-state index is -1.55. The van der Waals surface area contributed by atoms with Crippen LogP contribution in [0.25, 0.3) is 0 Å². The molecule has 1 saturated heterocycles. The number of phenols is 1. The molecule has 1 aromatic rings. The van der Waals surface area contributed by atoms with Crippen molar-refractivity contribution in [1.29, 1.82) is 0 Å². The van der Waals surface area contributed by atoms with Crippen LogP contribution in [-0.2, 0) is 11.2 Å². The van der Waals surface area contributed by atoms with Gasteiger partial charge in [0.2, 0.25) is 6.29 Å². The third-order valence-electron chi connectivity index (χ3n) is 3.52. The van der Waals surface area contributed by atoms with Crippen LogP contribution in [0, 0.1) is 0 Å². The summed E-state index contributed by atoms with van der Waals surface area (Å²) in [5.41, 5.74) is 0.696. The van der Waals surface area contributed by atoms with Gasteiger partial charge >= 0.3 is 0 Å². The minimum absolute atomic E-state index is 0.00557. The van der Waals surface area contributed by atoms with E-state index < -0.39 is 37.3 Å². The first-order chi connectivity index (χ1) is 10.5. The Morgan fingerprint density at radius 1 is 1.05 bits per heavy atom. The van der Waals surface area contributed by atoms with E-state index >= 15 is 0 Å². The summed E-state index contributed by atoms with van der Waals surface area (Å²) in [5.74, 6) is -0.214. The molecule has 1 unspecified atom stereocenters. The number of aliphatic hydroxyl groups is 5. The standard InChI is InChI=1S/C14H20O8/c15-4-3-7-1-2-9(8(17)5-7)21-14-13(20)12(19)11(18)10(6-16)22-14/h1-2,5,10-20H,3-4,6H2/t10-,11-,12+,13-,14?/m1/s1. The van der Waals surface area contributed by atoms with E-state index in [4.69, 9.17) is 19.7 Å². The Morgan fingerprint density at radius 2 is 1.77 bits per heavy atom. The zero-order chi connectivity index (χ0) is 16.3. The summed E-state index contributed by atoms with van der Waals surface area (Å²) in [4.78, 5) is 0. The van der Waals surface area contributed by atoms with Gasteiger partial charge in [-0.2, -0.15) is 0 Å². The summed E-state index contributed by atoms with van der Waals surface area (Å²) in [7, 11) is 0. The topological polar surface area (TPSA) is 140 Å². The zero-order valence-electron chi connectivity index (χ0n) is 11.7. The second-order valence-electron chi connectivity index (χ2n) is 5.09. The van der Waals surface area contributed by atoms with E-state index in [0.717, 1.165) is 0 Å². The summed E-state index contributed by atoms with van der Waals surface area (Å²) < 4.78 is 10.5. The maximum Gasteiger partial charge on any atom is 0.229 e. The minimum Gasteiger partial charge on any atom is -0.504 e. The van der Waals surface area contributed by atoms with Gasteiger partial charge in [0.25, 0.3) is 0 Å². The number of phenolic OH excluding ortho intramolecular Hbond substituents is 1. The molecule has 1 aliphatic rings. The maximum absolute atomic E-state index is 9.87. The molecule has 0 spiro atoms. The first-order valence-electron chi connectivity index (χ1n) is 6.88. The van der Waals surface area contributed by atoms with Gasteiger partial charge in [-0.3, -0.25) is 0 Å². The molecule has 5 atom stereocenters. The smallest absolute Gasteiger partial charge is 0.229 e. The SMILES string of the molecule is OCCc1ccc(OC2O[C@H](CO)[C@@H](O)[C@H](O)[C@H]2O)c(O)c1. The van der Waals surface area contributed by atoms with Crippen molar-refractivity contribution in [2.45, 2.75) is 37.1 Å². The molecule has 0 aliphatic carbocycles. The van der Waals surface area contributed by atoms with E-state index in [-0.39, 0.29) is 18.1 Å². The largest absolute Gasteiger partial charge is 0.504 e. The van der Waals surface area contributed by atoms with Crippen LogP contribution >= 0.6 is 0 Å². The normalized spacial score (nSPS) is 32.0. The Bertz CT molecular complexity index is 492. The lowest BCUT2D eigenvalue weighted by Crippen LogP contribution is -2.60. The lowest BCUT2D eigenvalue weighted by Gasteiger charge is -2.39. The lowest BCUT2D eigenvalue weighted by atomic mass is 9.99. The molecule has 8 heteroatoms. The summed E-state index contributed by atoms with van der Waals surface area (Å²) in [6, 6.07) is 4.45. The highest BCUT2D eigenvalue weighted by Crippen LogP contribution is 2.31. The average molecular weight is 316 g/mol. The van der Waals surface area contributed by atoms with E-state index in [0.29, 0.717) is 12.0 Å². The molecular formula is C14H20O8. The fourth-order valence-electron chi connectivity index (χ4n) is 2.24. The Hall–Kier alpha value is -1.42. The Labute approximate surface area is 126 Å². The summed E-state index contributed by atoms with van der Waals surface area (Å²) >= 11 is 0. The Balaban J connectivity index is 2.12. The third-order valence-corrected chi connectivity index (χ3v) is 3.52. The van der Waals surface area contributed by atoms with E-state index in [2.05, 4.69) is 0 Å². The molecule has 22 heavy (non-hydrogen) atoms. The van der Waals surface area contributed by atoms with Crippen LogP contribution in [0.1, 0.15) is 5.56 Å². The van der Waals surface area contributed by atoms with E-state index in [1.54, 1.807) is 6.07 Å². The monoisotopic (exact) mass is 316 g/mol. The van der Waals surface area contributed by atoms with E-state index in [1.807, 2.05) is 0 Å². The molecule has 1 heterocycles. The zero-order valence-corrected chi connectivity index (χ0v) is 11.7. The lowest BCUT2D eigenvalue weighted by molar-refractivity contribution is -0.277. The van der Waals surface area contributed by atoms with Gasteiger partial charge in [-0.25, -0.2) is 0 Å². The predicted molar refractivity (Wildman–Crippen MR) is 73.3 cm³/mol. The number of rotatable bonds is 5. The number of hydrogen-bond acceptors (Lipinski definition) is 8. The van der Waals surface area contributed by atoms with Crippen molar-refractivity contribution in [2.24, 2.45) is 0 Å². The van der Waals surface area contributed by atoms with Crippen molar-refractivity contribution in [1.82, 2.24) is 0 Å². The van der Waals surface area contributed by atoms with Gasteiger partial charge in [-0.15, -0.1) is 0 Å². The van der Waals surface area contributed by atoms with Gasteiger partial charge in [0.1, 0.15) is 24.4 Å². The molecule has 124 valence electrons. The molecule has 6 N–H and O–H groups in total. The fourth-order valence-corrected chi connectivity index (χ4v) is 2.24. The number of benzene rings is 1. The highest BCUT2D eigenvalue weighted by Gasteiger charge is 2.44. The Kier molecular flexibility index (Phi) is 5.57. The highest BCUT2D eigenvalue weighted by atomic mass is 16.7. The van der Waals surface area contributed by atoms with Crippen molar-refractivity contribution < 1.29 is 40.1 Å². The number of aromatic hydroxyl groups is 1. The highest BCUT2D eigenvalue weighted by molar-refractivity contribution is 5.42. The second-order valence-corrected chi connectivity index (χ2v) is 5.09. The van der Waals surface area contributed by atoms with Crippen LogP contribution in [0.2, 0.25) is 0 Å². The molecule has 0 saturated carbocycles. The van der Waals surface area contributed by atoms with Crippen molar-refractivity contribution in [3.63, 3.8) is 0 Å². The van der Waals surface area contributed by atoms with Crippen molar-refractivity contribution in [3.05, 3.63) is 23.8 Å². The van der Waals surface area contributed by atoms with Crippen LogP contribution in [0.3, 0.4) is 0 Å². The van der Waals surface area contributed by atoms with Crippen LogP contribution in [0.5, 0.6) is 11.5 Å². The summed E-state index contributed by atoms with van der Waals surface area (Å²) in [6.45, 7) is -0.626. The molecule has 0 amide bonds. The predicted octanol–water partition coefficient (Wildman–Crippen LogP) is -1.89. The van der Waals surface area contributed by atoms with Gasteiger partial charge in [-0.1, -0.05) is 6.07 Å². The number of aliphatic hydroxyl groups excluding tert-OH is 5. The third kappa shape index (κ3) is 3.49. The van der Waals surface area contributed by atoms with Gasteiger partial charge in [0.15, 0.2) is 11.5 Å². The molecule has 2 rings (SSSR count). The van der Waals surface area contributed by atoms with Crippen molar-refractivity contribution in [2.75, 3.05) is 13.2 Å². The average Bonchev–Trinajstić information content (AvgIpc) is 2.50. The molecule has 1 aromatic carbocycles. The summed E-state index contributed by atoms with van der Waals surface area (Å²) in [6.07, 6.45) is -6.64. The van der Waals surface area contributed by atoms with Crippen molar-refractivity contribution >= 4 is 0 Å². The van der Waals surface area contributed by atoms with Gasteiger partial charge < -0.3 is 40.1 Å². The van der Waals surface area contributed by atoms with E-state index in [9.17, 15) is 20.4 Å². The van der Waals surface area contributed by atoms with Crippen LogP contribution in [0.15, 0.2) is 18.2 Å². The molecular weight excluding hydrogens is 296 g/mol. The van der Waals surface area contributed by atoms with Gasteiger partial charge in [0.05, 0.1) is 6.61 Å². The quantitative estimate of drug-likeness (QED) is 0.370. The van der Waals surface area contributed by atoms with Crippen LogP contribution in [-0.4, -0.2) is 74.6 Å². The maximum atomic E-state index is 9.87. The van der Waals surface area contributed by atoms with Crippen molar-refractivity contribution in [3.8, 4) is 11.5 Å². The van der Waals surface area contributed by atoms with Gasteiger partial charge in [-0.05, 0) is 24.1 Å². The van der Waals surface area contributed by atoms with E-state index in [1.165, 1.54) is 12.1 Å². The molecule has 1 aliphatic heterocycles. The molecule has 0 aromatic heterocycles. The van der Waals surface area contributed by atoms with Crippen LogP contribution < -0.4 is 4.74 Å². The Morgan fingerprint density at radius 3 is 2.36 bits per heavy atom. The van der Waals surface area contributed by atoms with Crippen LogP contribution in [0.4, 0.5) is 0 Å². The molecule has 1 fully saturated rings. The fraction of sp³-hybridized carbons (Fsp3) is 0.571. The number of hydrogen-bond donors (Lipinski definition) is 6. The first kappa shape index (κ1) is 16.9. The first-order valence-corrected chi connectivity index (χ1v) is 6.88.